The topological polar surface area (TPSA) is 30.2 Å². The van der Waals surface area contributed by atoms with Crippen LogP contribution in [0.3, 0.4) is 0 Å². The highest BCUT2D eigenvalue weighted by Crippen LogP contribution is 2.37. The average molecular weight is 574 g/mol. The van der Waals surface area contributed by atoms with Crippen LogP contribution in [0.1, 0.15) is 0 Å². The molecule has 0 aliphatic heterocycles. The lowest BCUT2D eigenvalue weighted by molar-refractivity contribution is 1.26. The molecule has 3 nitrogen and oxygen atoms in total. The minimum atomic E-state index is 0.862. The Bertz CT molecular complexity index is 2510. The first-order chi connectivity index (χ1) is 22.3. The van der Waals surface area contributed by atoms with Crippen LogP contribution in [-0.2, 0) is 0 Å². The third-order valence-corrected chi connectivity index (χ3v) is 8.86. The van der Waals surface area contributed by atoms with Crippen molar-refractivity contribution in [3.8, 4) is 44.9 Å². The first-order valence-electron chi connectivity index (χ1n) is 15.3. The van der Waals surface area contributed by atoms with Gasteiger partial charge in [-0.2, -0.15) is 0 Å². The molecule has 3 heterocycles. The van der Waals surface area contributed by atoms with Gasteiger partial charge < -0.3 is 0 Å². The molecule has 210 valence electrons. The summed E-state index contributed by atoms with van der Waals surface area (Å²) in [4.78, 5) is 9.74. The summed E-state index contributed by atoms with van der Waals surface area (Å²) in [6.07, 6.45) is 1.83. The molecule has 9 aromatic rings. The van der Waals surface area contributed by atoms with E-state index in [1.54, 1.807) is 0 Å². The molecule has 45 heavy (non-hydrogen) atoms. The van der Waals surface area contributed by atoms with E-state index >= 15 is 0 Å². The van der Waals surface area contributed by atoms with Crippen LogP contribution < -0.4 is 0 Å². The van der Waals surface area contributed by atoms with E-state index < -0.39 is 0 Å². The van der Waals surface area contributed by atoms with Crippen molar-refractivity contribution in [3.63, 3.8) is 0 Å². The van der Waals surface area contributed by atoms with Crippen molar-refractivity contribution in [3.05, 3.63) is 164 Å². The van der Waals surface area contributed by atoms with Crippen LogP contribution in [0.5, 0.6) is 0 Å². The van der Waals surface area contributed by atoms with Crippen LogP contribution in [0, 0.1) is 0 Å². The van der Waals surface area contributed by atoms with Gasteiger partial charge >= 0.3 is 0 Å². The molecule has 0 unspecified atom stereocenters. The lowest BCUT2D eigenvalue weighted by atomic mass is 9.92. The summed E-state index contributed by atoms with van der Waals surface area (Å²) in [6.45, 7) is 0. The monoisotopic (exact) mass is 573 g/mol. The molecule has 3 aromatic heterocycles. The number of rotatable bonds is 4. The molecule has 0 amide bonds. The Labute approximate surface area is 260 Å². The molecule has 9 rings (SSSR count). The van der Waals surface area contributed by atoms with Gasteiger partial charge in [-0.15, -0.1) is 0 Å². The number of hydrogen-bond acceptors (Lipinski definition) is 2. The predicted molar refractivity (Wildman–Crippen MR) is 187 cm³/mol. The van der Waals surface area contributed by atoms with Crippen molar-refractivity contribution in [1.82, 2.24) is 14.4 Å². The fourth-order valence-corrected chi connectivity index (χ4v) is 6.69. The second-order valence-corrected chi connectivity index (χ2v) is 11.5. The Morgan fingerprint density at radius 1 is 0.444 bits per heavy atom. The molecule has 0 saturated carbocycles. The van der Waals surface area contributed by atoms with Gasteiger partial charge in [-0.3, -0.25) is 9.38 Å². The minimum Gasteiger partial charge on any atom is -0.292 e. The number of benzene rings is 6. The van der Waals surface area contributed by atoms with E-state index in [4.69, 9.17) is 4.98 Å². The number of fused-ring (bicyclic) bond motifs is 6. The number of nitrogens with zero attached hydrogens (tertiary/aromatic N) is 3. The maximum absolute atomic E-state index is 5.07. The molecule has 0 radical (unpaired) electrons. The number of hydrogen-bond donors (Lipinski definition) is 0. The van der Waals surface area contributed by atoms with Crippen LogP contribution in [0.4, 0.5) is 0 Å². The summed E-state index contributed by atoms with van der Waals surface area (Å²) in [6, 6.07) is 56.1. The van der Waals surface area contributed by atoms with E-state index in [9.17, 15) is 0 Å². The van der Waals surface area contributed by atoms with Crippen molar-refractivity contribution in [1.29, 1.82) is 0 Å². The van der Waals surface area contributed by atoms with Gasteiger partial charge in [0, 0.05) is 11.8 Å². The van der Waals surface area contributed by atoms with Crippen molar-refractivity contribution in [2.45, 2.75) is 0 Å². The molecule has 6 aromatic carbocycles. The lowest BCUT2D eigenvalue weighted by Gasteiger charge is -2.12. The fraction of sp³-hybridized carbons (Fsp3) is 0. The van der Waals surface area contributed by atoms with Crippen LogP contribution in [0.15, 0.2) is 164 Å². The second kappa shape index (κ2) is 10.3. The van der Waals surface area contributed by atoms with Gasteiger partial charge in [-0.25, -0.2) is 4.98 Å². The summed E-state index contributed by atoms with van der Waals surface area (Å²) in [5.74, 6) is 0. The average Bonchev–Trinajstić information content (AvgIpc) is 3.52. The van der Waals surface area contributed by atoms with Crippen molar-refractivity contribution < 1.29 is 0 Å². The first kappa shape index (κ1) is 25.4. The zero-order valence-corrected chi connectivity index (χ0v) is 24.4. The Morgan fingerprint density at radius 3 is 1.82 bits per heavy atom. The standard InChI is InChI=1S/C42H27N3/c1-3-11-34-33(10-1)27-37(36-13-5-4-12-35(34)36)30-20-16-28(17-21-30)29-18-22-32(23-19-29)42-41(38-14-7-8-26-43-38)44-40-25-24-31-9-2-6-15-39(31)45(40)42/h1-27H. The Balaban J connectivity index is 1.13. The van der Waals surface area contributed by atoms with Crippen molar-refractivity contribution in [2.24, 2.45) is 0 Å². The summed E-state index contributed by atoms with van der Waals surface area (Å²) in [7, 11) is 0. The van der Waals surface area contributed by atoms with E-state index in [0.717, 1.165) is 33.8 Å². The third-order valence-electron chi connectivity index (χ3n) is 8.86. The smallest absolute Gasteiger partial charge is 0.138 e. The van der Waals surface area contributed by atoms with Gasteiger partial charge in [-0.1, -0.05) is 121 Å². The van der Waals surface area contributed by atoms with E-state index in [2.05, 4.69) is 149 Å². The number of para-hydroxylation sites is 1. The summed E-state index contributed by atoms with van der Waals surface area (Å²) < 4.78 is 2.26. The lowest BCUT2D eigenvalue weighted by Crippen LogP contribution is -1.93. The van der Waals surface area contributed by atoms with Crippen molar-refractivity contribution >= 4 is 38.1 Å². The molecule has 0 fully saturated rings. The summed E-state index contributed by atoms with van der Waals surface area (Å²) >= 11 is 0. The van der Waals surface area contributed by atoms with Gasteiger partial charge in [0.25, 0.3) is 0 Å². The SMILES string of the molecule is c1ccc(-c2nc3ccc4ccccc4n3c2-c2ccc(-c3ccc(-c4cc5ccccc5c5ccccc45)cc3)cc2)nc1. The van der Waals surface area contributed by atoms with Crippen LogP contribution in [-0.4, -0.2) is 14.4 Å². The molecule has 3 heteroatoms. The molecule has 0 spiro atoms. The highest BCUT2D eigenvalue weighted by molar-refractivity contribution is 6.13. The number of imidazole rings is 1. The zero-order valence-electron chi connectivity index (χ0n) is 24.4. The summed E-state index contributed by atoms with van der Waals surface area (Å²) in [5.41, 5.74) is 10.8. The van der Waals surface area contributed by atoms with E-state index in [0.29, 0.717) is 0 Å². The molecule has 0 aliphatic carbocycles. The molecular formula is C42H27N3. The maximum Gasteiger partial charge on any atom is 0.138 e. The van der Waals surface area contributed by atoms with E-state index in [1.807, 2.05) is 24.4 Å². The Kier molecular flexibility index (Phi) is 5.82. The molecule has 0 saturated heterocycles. The van der Waals surface area contributed by atoms with Gasteiger partial charge in [0.1, 0.15) is 11.3 Å². The van der Waals surface area contributed by atoms with Gasteiger partial charge in [0.05, 0.1) is 16.9 Å². The quantitative estimate of drug-likeness (QED) is 0.196. The van der Waals surface area contributed by atoms with E-state index in [-0.39, 0.29) is 0 Å². The largest absolute Gasteiger partial charge is 0.292 e. The van der Waals surface area contributed by atoms with Crippen LogP contribution in [0.2, 0.25) is 0 Å². The molecule has 0 atom stereocenters. The normalized spacial score (nSPS) is 11.6. The van der Waals surface area contributed by atoms with Crippen LogP contribution >= 0.6 is 0 Å². The maximum atomic E-state index is 5.07. The van der Waals surface area contributed by atoms with E-state index in [1.165, 1.54) is 49.2 Å². The Hall–Kier alpha value is -6.06. The summed E-state index contributed by atoms with van der Waals surface area (Å²) in [5, 5.41) is 6.29. The molecular weight excluding hydrogens is 546 g/mol. The molecule has 0 bridgehead atoms. The molecule has 0 N–H and O–H groups in total. The highest BCUT2D eigenvalue weighted by Gasteiger charge is 2.19. The van der Waals surface area contributed by atoms with Gasteiger partial charge in [0.15, 0.2) is 0 Å². The molecule has 0 aliphatic rings. The number of aromatic nitrogens is 3. The highest BCUT2D eigenvalue weighted by atomic mass is 15.0. The third kappa shape index (κ3) is 4.21. The van der Waals surface area contributed by atoms with Crippen molar-refractivity contribution in [2.75, 3.05) is 0 Å². The van der Waals surface area contributed by atoms with Crippen LogP contribution in [0.25, 0.3) is 83.0 Å². The zero-order chi connectivity index (χ0) is 29.7. The van der Waals surface area contributed by atoms with Gasteiger partial charge in [-0.05, 0) is 85.6 Å². The van der Waals surface area contributed by atoms with Gasteiger partial charge in [0.2, 0.25) is 0 Å². The Morgan fingerprint density at radius 2 is 1.07 bits per heavy atom. The second-order valence-electron chi connectivity index (χ2n) is 11.5. The minimum absolute atomic E-state index is 0.862. The first-order valence-corrected chi connectivity index (χ1v) is 15.3. The fourth-order valence-electron chi connectivity index (χ4n) is 6.69. The number of pyridine rings is 2. The predicted octanol–water partition coefficient (Wildman–Crippen LogP) is 10.9.